The summed E-state index contributed by atoms with van der Waals surface area (Å²) < 4.78 is 23.5. The predicted molar refractivity (Wildman–Crippen MR) is 110 cm³/mol. The topological polar surface area (TPSA) is 98.2 Å². The summed E-state index contributed by atoms with van der Waals surface area (Å²) in [5.74, 6) is -1.87. The molecule has 0 aliphatic heterocycles. The fourth-order valence-electron chi connectivity index (χ4n) is 3.01. The van der Waals surface area contributed by atoms with E-state index < -0.39 is 29.9 Å². The highest BCUT2D eigenvalue weighted by Gasteiger charge is 2.25. The van der Waals surface area contributed by atoms with Gasteiger partial charge in [0.1, 0.15) is 5.82 Å². The molecule has 1 amide bonds. The molecule has 3 atom stereocenters. The zero-order valence-electron chi connectivity index (χ0n) is 17.1. The summed E-state index contributed by atoms with van der Waals surface area (Å²) in [7, 11) is 0. The first kappa shape index (κ1) is 20.3. The van der Waals surface area contributed by atoms with Gasteiger partial charge in [-0.2, -0.15) is 0 Å². The Kier molecular flexibility index (Phi) is 6.65. The Hall–Kier alpha value is -2.44. The molecule has 0 aliphatic rings. The van der Waals surface area contributed by atoms with Crippen molar-refractivity contribution in [2.75, 3.05) is 5.73 Å². The van der Waals surface area contributed by atoms with E-state index in [1.54, 1.807) is 32.9 Å². The Morgan fingerprint density at radius 3 is 2.57 bits per heavy atom. The van der Waals surface area contributed by atoms with E-state index in [1.807, 2.05) is 0 Å². The van der Waals surface area contributed by atoms with Crippen molar-refractivity contribution in [2.45, 2.75) is 45.7 Å². The number of nitrogens with two attached hydrogens (primary N) is 2. The number of nitrogens with one attached hydrogen (secondary N) is 1. The summed E-state index contributed by atoms with van der Waals surface area (Å²) in [5, 5.41) is 3.03. The van der Waals surface area contributed by atoms with Crippen LogP contribution in [0.15, 0.2) is 30.3 Å². The van der Waals surface area contributed by atoms with Gasteiger partial charge in [-0.15, -0.1) is 0 Å². The lowest BCUT2D eigenvalue weighted by Gasteiger charge is -2.23. The van der Waals surface area contributed by atoms with Crippen LogP contribution in [0.5, 0.6) is 0 Å². The molecule has 2 aromatic rings. The molecular formula is C21H25ClFN3O2. The Morgan fingerprint density at radius 2 is 2.00 bits per heavy atom. The van der Waals surface area contributed by atoms with Crippen LogP contribution in [0.2, 0.25) is 5.02 Å². The molecule has 28 heavy (non-hydrogen) atoms. The minimum absolute atomic E-state index is 0.0210. The lowest BCUT2D eigenvalue weighted by atomic mass is 9.95. The molecular weight excluding hydrogens is 381 g/mol. The van der Waals surface area contributed by atoms with E-state index >= 15 is 4.39 Å². The van der Waals surface area contributed by atoms with E-state index in [2.05, 4.69) is 5.32 Å². The number of hydrogen-bond donors (Lipinski definition) is 3. The van der Waals surface area contributed by atoms with Crippen molar-refractivity contribution in [1.82, 2.24) is 5.32 Å². The summed E-state index contributed by atoms with van der Waals surface area (Å²) in [6.45, 7) is 5.06. The number of primary amides is 1. The van der Waals surface area contributed by atoms with Gasteiger partial charge < -0.3 is 16.8 Å². The first-order valence-electron chi connectivity index (χ1n) is 9.46. The van der Waals surface area contributed by atoms with Gasteiger partial charge in [0.2, 0.25) is 5.91 Å². The fraction of sp³-hybridized carbons (Fsp3) is 0.333. The summed E-state index contributed by atoms with van der Waals surface area (Å²) in [4.78, 5) is 24.1. The van der Waals surface area contributed by atoms with Crippen LogP contribution < -0.4 is 16.8 Å². The number of ketones is 1. The van der Waals surface area contributed by atoms with E-state index in [0.29, 0.717) is 11.3 Å². The quantitative estimate of drug-likeness (QED) is 0.457. The highest BCUT2D eigenvalue weighted by molar-refractivity contribution is 6.35. The van der Waals surface area contributed by atoms with Gasteiger partial charge in [0.15, 0.2) is 5.78 Å². The molecule has 2 rings (SSSR count). The molecule has 0 radical (unpaired) electrons. The lowest BCUT2D eigenvalue weighted by Crippen LogP contribution is -2.34. The lowest BCUT2D eigenvalue weighted by molar-refractivity contribution is -0.118. The molecule has 0 bridgehead atoms. The zero-order chi connectivity index (χ0) is 21.9. The molecule has 0 saturated heterocycles. The Balaban J connectivity index is 2.48. The number of carbonyl (C=O) groups excluding carboxylic acids is 2. The van der Waals surface area contributed by atoms with Crippen molar-refractivity contribution >= 4 is 29.0 Å². The Labute approximate surface area is 170 Å². The van der Waals surface area contributed by atoms with E-state index in [1.165, 1.54) is 18.2 Å². The molecule has 0 saturated carbocycles. The van der Waals surface area contributed by atoms with E-state index in [9.17, 15) is 9.59 Å². The van der Waals surface area contributed by atoms with Crippen molar-refractivity contribution in [2.24, 2.45) is 5.73 Å². The molecule has 2 aromatic carbocycles. The second kappa shape index (κ2) is 9.17. The third-order valence-electron chi connectivity index (χ3n) is 4.52. The van der Waals surface area contributed by atoms with E-state index in [-0.39, 0.29) is 34.2 Å². The largest absolute Gasteiger partial charge is 0.399 e. The van der Waals surface area contributed by atoms with Gasteiger partial charge in [0.05, 0.1) is 10.6 Å². The summed E-state index contributed by atoms with van der Waals surface area (Å²) >= 11 is 6.16. The van der Waals surface area contributed by atoms with Crippen LogP contribution in [0.25, 0.3) is 0 Å². The summed E-state index contributed by atoms with van der Waals surface area (Å²) in [6.07, 6.45) is -0.725. The summed E-state index contributed by atoms with van der Waals surface area (Å²) in [6, 6.07) is 6.43. The van der Waals surface area contributed by atoms with Gasteiger partial charge in [-0.1, -0.05) is 24.6 Å². The van der Waals surface area contributed by atoms with Gasteiger partial charge in [0, 0.05) is 36.7 Å². The number of anilines is 1. The van der Waals surface area contributed by atoms with Crippen LogP contribution in [-0.4, -0.2) is 17.7 Å². The van der Waals surface area contributed by atoms with Crippen LogP contribution in [0, 0.1) is 12.7 Å². The van der Waals surface area contributed by atoms with Crippen molar-refractivity contribution < 1.29 is 15.4 Å². The fourth-order valence-corrected chi connectivity index (χ4v) is 3.24. The standard InChI is InChI=1S/C21H25ClFN3O2/c1-4-17(26-12(3)10-18(25)27)14-6-7-15(22)19(20(14)23)21(28)13-5-8-16(24)11(2)9-13/h5-9,12,17,26H,4,10,24H2,1-3H3,(H2,25,27)/t12-,17-/m1/s1/i4D/t4-,12-,17-. The Morgan fingerprint density at radius 1 is 1.32 bits per heavy atom. The third-order valence-corrected chi connectivity index (χ3v) is 4.83. The minimum atomic E-state index is -0.792. The minimum Gasteiger partial charge on any atom is -0.399 e. The third kappa shape index (κ3) is 4.88. The molecule has 0 heterocycles. The van der Waals surface area contributed by atoms with Crippen LogP contribution in [0.4, 0.5) is 10.1 Å². The maximum absolute atomic E-state index is 15.4. The second-order valence-electron chi connectivity index (χ2n) is 6.78. The van der Waals surface area contributed by atoms with Crippen LogP contribution >= 0.6 is 11.6 Å². The van der Waals surface area contributed by atoms with E-state index in [0.717, 1.165) is 0 Å². The normalized spacial score (nSPS) is 14.8. The molecule has 0 fully saturated rings. The second-order valence-corrected chi connectivity index (χ2v) is 7.18. The monoisotopic (exact) mass is 406 g/mol. The van der Waals surface area contributed by atoms with E-state index in [4.69, 9.17) is 24.4 Å². The van der Waals surface area contributed by atoms with Crippen LogP contribution in [0.3, 0.4) is 0 Å². The average molecular weight is 407 g/mol. The maximum Gasteiger partial charge on any atom is 0.218 e. The van der Waals surface area contributed by atoms with Crippen molar-refractivity contribution in [3.05, 3.63) is 63.4 Å². The molecule has 7 heteroatoms. The number of amides is 1. The number of halogens is 2. The number of benzene rings is 2. The van der Waals surface area contributed by atoms with Crippen molar-refractivity contribution in [1.29, 1.82) is 0 Å². The summed E-state index contributed by atoms with van der Waals surface area (Å²) in [5.41, 5.74) is 12.4. The number of nitrogen functional groups attached to an aromatic ring is 1. The molecule has 0 unspecified atom stereocenters. The molecule has 0 aliphatic carbocycles. The van der Waals surface area contributed by atoms with Gasteiger partial charge in [0.25, 0.3) is 0 Å². The highest BCUT2D eigenvalue weighted by atomic mass is 35.5. The van der Waals surface area contributed by atoms with Crippen molar-refractivity contribution in [3.8, 4) is 0 Å². The first-order chi connectivity index (χ1) is 13.5. The number of hydrogen-bond acceptors (Lipinski definition) is 4. The molecule has 0 spiro atoms. The Bertz CT molecular complexity index is 936. The molecule has 150 valence electrons. The average Bonchev–Trinajstić information content (AvgIpc) is 2.61. The van der Waals surface area contributed by atoms with Crippen LogP contribution in [-0.2, 0) is 4.79 Å². The SMILES string of the molecule is [2H][C@H](C)[C@@H](N[C@H](C)CC(N)=O)c1ccc(Cl)c(C(=O)c2ccc(N)c(C)c2)c1F. The smallest absolute Gasteiger partial charge is 0.218 e. The van der Waals surface area contributed by atoms with Gasteiger partial charge in [-0.3, -0.25) is 9.59 Å². The first-order valence-corrected chi connectivity index (χ1v) is 9.26. The van der Waals surface area contributed by atoms with Gasteiger partial charge >= 0.3 is 0 Å². The zero-order valence-corrected chi connectivity index (χ0v) is 16.8. The van der Waals surface area contributed by atoms with Gasteiger partial charge in [-0.25, -0.2) is 4.39 Å². The number of aryl methyl sites for hydroxylation is 1. The highest BCUT2D eigenvalue weighted by Crippen LogP contribution is 2.30. The van der Waals surface area contributed by atoms with Crippen LogP contribution in [0.1, 0.15) is 61.1 Å². The molecule has 5 N–H and O–H groups in total. The number of carbonyl (C=O) groups is 2. The predicted octanol–water partition coefficient (Wildman–Crippen LogP) is 3.91. The van der Waals surface area contributed by atoms with Gasteiger partial charge in [-0.05, 0) is 50.1 Å². The maximum atomic E-state index is 15.4. The molecule has 5 nitrogen and oxygen atoms in total. The van der Waals surface area contributed by atoms with Crippen molar-refractivity contribution in [3.63, 3.8) is 0 Å². The number of rotatable bonds is 8. The molecule has 0 aromatic heterocycles.